The Bertz CT molecular complexity index is 375. The van der Waals surface area contributed by atoms with E-state index in [-0.39, 0.29) is 11.9 Å². The third-order valence-corrected chi connectivity index (χ3v) is 2.63. The fraction of sp³-hybridized carbons (Fsp3) is 0.455. The van der Waals surface area contributed by atoms with Crippen LogP contribution in [-0.4, -0.2) is 23.5 Å². The molecule has 0 radical (unpaired) electrons. The van der Waals surface area contributed by atoms with Crippen molar-refractivity contribution in [1.29, 1.82) is 0 Å². The summed E-state index contributed by atoms with van der Waals surface area (Å²) in [6.45, 7) is 4.40. The summed E-state index contributed by atoms with van der Waals surface area (Å²) in [4.78, 5) is 15.3. The Kier molecular flexibility index (Phi) is 5.21. The highest BCUT2D eigenvalue weighted by atomic mass is 79.9. The number of carbonyl (C=O) groups excluding carboxylic acids is 1. The molecule has 0 unspecified atom stereocenters. The van der Waals surface area contributed by atoms with Crippen molar-refractivity contribution < 1.29 is 4.79 Å². The lowest BCUT2D eigenvalue weighted by atomic mass is 10.3. The zero-order chi connectivity index (χ0) is 12.8. The van der Waals surface area contributed by atoms with Crippen LogP contribution in [0.25, 0.3) is 0 Å². The predicted molar refractivity (Wildman–Crippen MR) is 72.7 cm³/mol. The summed E-state index contributed by atoms with van der Waals surface area (Å²) in [5.41, 5.74) is 7.10. The number of carbonyl (C=O) groups is 1. The first-order chi connectivity index (χ1) is 8.00. The Hall–Kier alpha value is -1.30. The predicted octanol–water partition coefficient (Wildman–Crippen LogP) is 1.75. The van der Waals surface area contributed by atoms with Gasteiger partial charge in [0, 0.05) is 25.2 Å². The fourth-order valence-electron chi connectivity index (χ4n) is 1.33. The molecule has 1 heterocycles. The monoisotopic (exact) mass is 300 g/mol. The van der Waals surface area contributed by atoms with E-state index in [9.17, 15) is 4.79 Å². The number of hydrogen-bond acceptors (Lipinski definition) is 4. The van der Waals surface area contributed by atoms with Crippen molar-refractivity contribution in [1.82, 2.24) is 10.3 Å². The van der Waals surface area contributed by atoms with Gasteiger partial charge in [-0.25, -0.2) is 0 Å². The molecule has 0 spiro atoms. The number of halogens is 1. The van der Waals surface area contributed by atoms with Crippen LogP contribution < -0.4 is 16.4 Å². The number of amides is 1. The highest BCUT2D eigenvalue weighted by Gasteiger charge is 2.06. The largest absolute Gasteiger partial charge is 0.396 e. The number of pyridine rings is 1. The second-order valence-electron chi connectivity index (χ2n) is 3.98. The van der Waals surface area contributed by atoms with Gasteiger partial charge in [0.05, 0.1) is 22.0 Å². The third kappa shape index (κ3) is 4.60. The number of hydrogen-bond donors (Lipinski definition) is 3. The molecule has 0 aliphatic rings. The number of nitrogens with zero attached hydrogens (tertiary/aromatic N) is 1. The van der Waals surface area contributed by atoms with E-state index < -0.39 is 0 Å². The summed E-state index contributed by atoms with van der Waals surface area (Å²) >= 11 is 3.35. The molecule has 1 aromatic heterocycles. The van der Waals surface area contributed by atoms with Crippen molar-refractivity contribution in [2.24, 2.45) is 0 Å². The highest BCUT2D eigenvalue weighted by molar-refractivity contribution is 9.10. The molecule has 1 aromatic rings. The molecule has 6 heteroatoms. The molecular weight excluding hydrogens is 284 g/mol. The van der Waals surface area contributed by atoms with Crippen LogP contribution >= 0.6 is 15.9 Å². The number of nitrogens with two attached hydrogens (primary N) is 1. The van der Waals surface area contributed by atoms with Gasteiger partial charge in [0.15, 0.2) is 0 Å². The number of nitrogen functional groups attached to an aromatic ring is 1. The molecule has 0 aromatic carbocycles. The van der Waals surface area contributed by atoms with Gasteiger partial charge in [0.2, 0.25) is 5.91 Å². The first-order valence-corrected chi connectivity index (χ1v) is 6.22. The van der Waals surface area contributed by atoms with Gasteiger partial charge in [-0.2, -0.15) is 0 Å². The summed E-state index contributed by atoms with van der Waals surface area (Å²) < 4.78 is 0.793. The number of rotatable bonds is 5. The van der Waals surface area contributed by atoms with E-state index in [1.165, 1.54) is 0 Å². The van der Waals surface area contributed by atoms with Gasteiger partial charge in [0.1, 0.15) is 0 Å². The normalized spacial score (nSPS) is 10.4. The number of nitrogens with one attached hydrogen (secondary N) is 2. The molecule has 0 aliphatic carbocycles. The lowest BCUT2D eigenvalue weighted by molar-refractivity contribution is -0.121. The minimum atomic E-state index is 0.0243. The summed E-state index contributed by atoms with van der Waals surface area (Å²) in [6.07, 6.45) is 3.64. The maximum atomic E-state index is 11.4. The van der Waals surface area contributed by atoms with Crippen LogP contribution in [0.15, 0.2) is 16.9 Å². The van der Waals surface area contributed by atoms with E-state index in [0.717, 1.165) is 10.2 Å². The Morgan fingerprint density at radius 1 is 1.53 bits per heavy atom. The standard InChI is InChI=1S/C11H17BrN4O/c1-7(2)16-10(17)3-4-15-11-8(12)5-14-6-9(11)13/h5-7H,3-4,13H2,1-2H3,(H,14,15)(H,16,17). The van der Waals surface area contributed by atoms with Gasteiger partial charge in [0.25, 0.3) is 0 Å². The van der Waals surface area contributed by atoms with Crippen molar-refractivity contribution in [3.8, 4) is 0 Å². The maximum Gasteiger partial charge on any atom is 0.221 e. The van der Waals surface area contributed by atoms with Gasteiger partial charge in [-0.3, -0.25) is 9.78 Å². The van der Waals surface area contributed by atoms with Crippen molar-refractivity contribution in [2.45, 2.75) is 26.3 Å². The topological polar surface area (TPSA) is 80.0 Å². The first-order valence-electron chi connectivity index (χ1n) is 5.43. The fourth-order valence-corrected chi connectivity index (χ4v) is 1.82. The minimum absolute atomic E-state index is 0.0243. The smallest absolute Gasteiger partial charge is 0.221 e. The Labute approximate surface area is 109 Å². The highest BCUT2D eigenvalue weighted by Crippen LogP contribution is 2.26. The Morgan fingerprint density at radius 2 is 2.24 bits per heavy atom. The van der Waals surface area contributed by atoms with Crippen molar-refractivity contribution in [3.05, 3.63) is 16.9 Å². The van der Waals surface area contributed by atoms with Crippen LogP contribution in [0.5, 0.6) is 0 Å². The molecule has 94 valence electrons. The van der Waals surface area contributed by atoms with Gasteiger partial charge in [-0.15, -0.1) is 0 Å². The quantitative estimate of drug-likeness (QED) is 0.774. The van der Waals surface area contributed by atoms with E-state index in [4.69, 9.17) is 5.73 Å². The Balaban J connectivity index is 2.43. The lowest BCUT2D eigenvalue weighted by Gasteiger charge is -2.11. The maximum absolute atomic E-state index is 11.4. The molecule has 5 nitrogen and oxygen atoms in total. The number of anilines is 2. The van der Waals surface area contributed by atoms with E-state index in [1.54, 1.807) is 12.4 Å². The molecule has 0 saturated carbocycles. The Morgan fingerprint density at radius 3 is 2.82 bits per heavy atom. The summed E-state index contributed by atoms with van der Waals surface area (Å²) in [5.74, 6) is 0.0243. The molecule has 1 amide bonds. The van der Waals surface area contributed by atoms with E-state index in [0.29, 0.717) is 18.7 Å². The molecule has 0 saturated heterocycles. The van der Waals surface area contributed by atoms with Crippen LogP contribution in [0.4, 0.5) is 11.4 Å². The van der Waals surface area contributed by atoms with Crippen LogP contribution in [-0.2, 0) is 4.79 Å². The molecule has 17 heavy (non-hydrogen) atoms. The average molecular weight is 301 g/mol. The first kappa shape index (κ1) is 13.8. The van der Waals surface area contributed by atoms with Gasteiger partial charge in [-0.1, -0.05) is 0 Å². The second kappa shape index (κ2) is 6.44. The third-order valence-electron chi connectivity index (χ3n) is 2.03. The molecular formula is C11H17BrN4O. The molecule has 4 N–H and O–H groups in total. The van der Waals surface area contributed by atoms with E-state index in [2.05, 4.69) is 31.5 Å². The van der Waals surface area contributed by atoms with Crippen LogP contribution in [0.1, 0.15) is 20.3 Å². The molecule has 1 rings (SSSR count). The zero-order valence-electron chi connectivity index (χ0n) is 9.96. The van der Waals surface area contributed by atoms with Crippen molar-refractivity contribution >= 4 is 33.2 Å². The molecule has 0 aliphatic heterocycles. The summed E-state index contributed by atoms with van der Waals surface area (Å²) in [5, 5.41) is 5.94. The lowest BCUT2D eigenvalue weighted by Crippen LogP contribution is -2.31. The average Bonchev–Trinajstić information content (AvgIpc) is 2.21. The van der Waals surface area contributed by atoms with Crippen molar-refractivity contribution in [2.75, 3.05) is 17.6 Å². The van der Waals surface area contributed by atoms with Gasteiger partial charge < -0.3 is 16.4 Å². The van der Waals surface area contributed by atoms with Crippen molar-refractivity contribution in [3.63, 3.8) is 0 Å². The van der Waals surface area contributed by atoms with Crippen LogP contribution in [0.3, 0.4) is 0 Å². The van der Waals surface area contributed by atoms with Gasteiger partial charge >= 0.3 is 0 Å². The zero-order valence-corrected chi connectivity index (χ0v) is 11.5. The SMILES string of the molecule is CC(C)NC(=O)CCNc1c(N)cncc1Br. The van der Waals surface area contributed by atoms with Gasteiger partial charge in [-0.05, 0) is 29.8 Å². The van der Waals surface area contributed by atoms with Crippen LogP contribution in [0, 0.1) is 0 Å². The molecule has 0 bridgehead atoms. The second-order valence-corrected chi connectivity index (χ2v) is 4.84. The summed E-state index contributed by atoms with van der Waals surface area (Å²) in [6, 6.07) is 0.167. The molecule has 0 atom stereocenters. The summed E-state index contributed by atoms with van der Waals surface area (Å²) in [7, 11) is 0. The van der Waals surface area contributed by atoms with E-state index >= 15 is 0 Å². The number of aromatic nitrogens is 1. The van der Waals surface area contributed by atoms with Crippen LogP contribution in [0.2, 0.25) is 0 Å². The minimum Gasteiger partial charge on any atom is -0.396 e. The molecule has 0 fully saturated rings. The van der Waals surface area contributed by atoms with E-state index in [1.807, 2.05) is 13.8 Å².